The molecule has 1 aromatic rings. The van der Waals surface area contributed by atoms with E-state index in [9.17, 15) is 9.18 Å². The number of carbonyl (C=O) groups is 1. The van der Waals surface area contributed by atoms with Crippen LogP contribution in [-0.2, 0) is 0 Å². The van der Waals surface area contributed by atoms with Crippen molar-refractivity contribution in [2.24, 2.45) is 5.41 Å². The second kappa shape index (κ2) is 3.52. The smallest absolute Gasteiger partial charge is 0.168 e. The van der Waals surface area contributed by atoms with Crippen LogP contribution in [0.25, 0.3) is 0 Å². The molecule has 0 spiro atoms. The molecule has 0 saturated carbocycles. The van der Waals surface area contributed by atoms with Gasteiger partial charge in [-0.2, -0.15) is 0 Å². The van der Waals surface area contributed by atoms with Crippen LogP contribution in [-0.4, -0.2) is 5.78 Å². The molecule has 14 heavy (non-hydrogen) atoms. The highest BCUT2D eigenvalue weighted by atomic mass is 19.1. The third kappa shape index (κ3) is 2.19. The Hall–Kier alpha value is -1.18. The van der Waals surface area contributed by atoms with Crippen LogP contribution in [0.1, 0.15) is 36.7 Å². The van der Waals surface area contributed by atoms with Crippen molar-refractivity contribution in [2.45, 2.75) is 27.7 Å². The predicted octanol–water partition coefficient (Wildman–Crippen LogP) is 3.36. The molecule has 1 nitrogen and oxygen atoms in total. The average Bonchev–Trinajstić information content (AvgIpc) is 2.07. The Morgan fingerprint density at radius 3 is 2.29 bits per heavy atom. The molecule has 0 heterocycles. The fourth-order valence-electron chi connectivity index (χ4n) is 1.17. The molecule has 0 aromatic heterocycles. The van der Waals surface area contributed by atoms with Crippen molar-refractivity contribution in [1.29, 1.82) is 0 Å². The molecule has 0 fully saturated rings. The van der Waals surface area contributed by atoms with Crippen molar-refractivity contribution in [3.8, 4) is 0 Å². The van der Waals surface area contributed by atoms with Gasteiger partial charge < -0.3 is 0 Å². The van der Waals surface area contributed by atoms with Crippen molar-refractivity contribution >= 4 is 5.78 Å². The molecule has 0 atom stereocenters. The SMILES string of the molecule is Cc1ccc(C(=O)C(C)(C)C)cc1F. The number of ketones is 1. The Balaban J connectivity index is 3.10. The minimum Gasteiger partial charge on any atom is -0.294 e. The first-order chi connectivity index (χ1) is 6.32. The first-order valence-electron chi connectivity index (χ1n) is 4.63. The van der Waals surface area contributed by atoms with Gasteiger partial charge in [0.15, 0.2) is 5.78 Å². The van der Waals surface area contributed by atoms with Gasteiger partial charge in [0.1, 0.15) is 5.82 Å². The molecular weight excluding hydrogens is 179 g/mol. The normalized spacial score (nSPS) is 11.5. The summed E-state index contributed by atoms with van der Waals surface area (Å²) in [6, 6.07) is 4.61. The van der Waals surface area contributed by atoms with E-state index in [1.807, 2.05) is 20.8 Å². The van der Waals surface area contributed by atoms with Crippen molar-refractivity contribution < 1.29 is 9.18 Å². The van der Waals surface area contributed by atoms with E-state index in [2.05, 4.69) is 0 Å². The van der Waals surface area contributed by atoms with Gasteiger partial charge in [-0.15, -0.1) is 0 Å². The summed E-state index contributed by atoms with van der Waals surface area (Å²) in [5.41, 5.74) is 0.554. The van der Waals surface area contributed by atoms with Gasteiger partial charge in [0.25, 0.3) is 0 Å². The molecule has 1 rings (SSSR count). The molecule has 0 aliphatic heterocycles. The maximum atomic E-state index is 13.2. The summed E-state index contributed by atoms with van der Waals surface area (Å²) < 4.78 is 13.2. The Morgan fingerprint density at radius 1 is 1.29 bits per heavy atom. The van der Waals surface area contributed by atoms with Crippen LogP contribution in [0.2, 0.25) is 0 Å². The summed E-state index contributed by atoms with van der Waals surface area (Å²) in [7, 11) is 0. The van der Waals surface area contributed by atoms with Crippen LogP contribution >= 0.6 is 0 Å². The minimum absolute atomic E-state index is 0.0311. The molecule has 0 bridgehead atoms. The van der Waals surface area contributed by atoms with Crippen molar-refractivity contribution in [3.05, 3.63) is 35.1 Å². The number of aryl methyl sites for hydroxylation is 1. The maximum absolute atomic E-state index is 13.2. The lowest BCUT2D eigenvalue weighted by molar-refractivity contribution is 0.0858. The number of carbonyl (C=O) groups excluding carboxylic acids is 1. The van der Waals surface area contributed by atoms with Gasteiger partial charge in [-0.1, -0.05) is 32.9 Å². The monoisotopic (exact) mass is 194 g/mol. The average molecular weight is 194 g/mol. The first-order valence-corrected chi connectivity index (χ1v) is 4.63. The molecule has 0 aliphatic carbocycles. The van der Waals surface area contributed by atoms with E-state index in [-0.39, 0.29) is 11.6 Å². The van der Waals surface area contributed by atoms with Crippen LogP contribution in [0, 0.1) is 18.2 Å². The lowest BCUT2D eigenvalue weighted by Crippen LogP contribution is -2.20. The lowest BCUT2D eigenvalue weighted by Gasteiger charge is -2.16. The van der Waals surface area contributed by atoms with E-state index >= 15 is 0 Å². The fourth-order valence-corrected chi connectivity index (χ4v) is 1.17. The summed E-state index contributed by atoms with van der Waals surface area (Å²) in [6.45, 7) is 7.16. The third-order valence-electron chi connectivity index (χ3n) is 2.12. The van der Waals surface area contributed by atoms with E-state index in [1.165, 1.54) is 6.07 Å². The zero-order valence-electron chi connectivity index (χ0n) is 9.02. The van der Waals surface area contributed by atoms with Gasteiger partial charge in [-0.3, -0.25) is 4.79 Å². The van der Waals surface area contributed by atoms with Gasteiger partial charge in [0.05, 0.1) is 0 Å². The number of benzene rings is 1. The molecule has 0 radical (unpaired) electrons. The van der Waals surface area contributed by atoms with E-state index in [4.69, 9.17) is 0 Å². The van der Waals surface area contributed by atoms with Crippen LogP contribution in [0.5, 0.6) is 0 Å². The van der Waals surface area contributed by atoms with E-state index in [0.29, 0.717) is 11.1 Å². The number of Topliss-reactive ketones (excluding diaryl/α,β-unsaturated/α-hetero) is 1. The van der Waals surface area contributed by atoms with Crippen molar-refractivity contribution in [2.75, 3.05) is 0 Å². The number of halogens is 1. The highest BCUT2D eigenvalue weighted by molar-refractivity contribution is 5.99. The minimum atomic E-state index is -0.457. The highest BCUT2D eigenvalue weighted by Crippen LogP contribution is 2.21. The largest absolute Gasteiger partial charge is 0.294 e. The standard InChI is InChI=1S/C12H15FO/c1-8-5-6-9(7-10(8)13)11(14)12(2,3)4/h5-7H,1-4H3. The molecule has 0 unspecified atom stereocenters. The summed E-state index contributed by atoms with van der Waals surface area (Å²) in [6.07, 6.45) is 0. The number of hydrogen-bond donors (Lipinski definition) is 0. The topological polar surface area (TPSA) is 17.1 Å². The number of hydrogen-bond acceptors (Lipinski definition) is 1. The maximum Gasteiger partial charge on any atom is 0.168 e. The lowest BCUT2D eigenvalue weighted by atomic mass is 9.86. The molecule has 0 amide bonds. The van der Waals surface area contributed by atoms with Gasteiger partial charge in [-0.25, -0.2) is 4.39 Å². The molecule has 0 aliphatic rings. The van der Waals surface area contributed by atoms with Crippen LogP contribution in [0.15, 0.2) is 18.2 Å². The summed E-state index contributed by atoms with van der Waals surface area (Å²) in [4.78, 5) is 11.8. The molecule has 0 N–H and O–H groups in total. The Morgan fingerprint density at radius 2 is 1.86 bits per heavy atom. The first kappa shape index (κ1) is 10.9. The Bertz CT molecular complexity index is 361. The zero-order valence-corrected chi connectivity index (χ0v) is 9.02. The molecular formula is C12H15FO. The van der Waals surface area contributed by atoms with E-state index in [0.717, 1.165) is 0 Å². The van der Waals surface area contributed by atoms with Gasteiger partial charge >= 0.3 is 0 Å². The third-order valence-corrected chi connectivity index (χ3v) is 2.12. The predicted molar refractivity (Wildman–Crippen MR) is 54.9 cm³/mol. The van der Waals surface area contributed by atoms with Crippen LogP contribution in [0.4, 0.5) is 4.39 Å². The second-order valence-corrected chi connectivity index (χ2v) is 4.54. The molecule has 76 valence electrons. The van der Waals surface area contributed by atoms with E-state index in [1.54, 1.807) is 19.1 Å². The van der Waals surface area contributed by atoms with E-state index < -0.39 is 5.41 Å². The number of rotatable bonds is 1. The summed E-state index contributed by atoms with van der Waals surface area (Å²) >= 11 is 0. The van der Waals surface area contributed by atoms with Crippen LogP contribution in [0.3, 0.4) is 0 Å². The molecule has 1 aromatic carbocycles. The Kier molecular flexibility index (Phi) is 2.74. The molecule has 0 saturated heterocycles. The fraction of sp³-hybridized carbons (Fsp3) is 0.417. The van der Waals surface area contributed by atoms with Gasteiger partial charge in [0.2, 0.25) is 0 Å². The van der Waals surface area contributed by atoms with Crippen molar-refractivity contribution in [3.63, 3.8) is 0 Å². The van der Waals surface area contributed by atoms with Gasteiger partial charge in [0, 0.05) is 11.0 Å². The van der Waals surface area contributed by atoms with Crippen LogP contribution < -0.4 is 0 Å². The van der Waals surface area contributed by atoms with Gasteiger partial charge in [-0.05, 0) is 18.6 Å². The highest BCUT2D eigenvalue weighted by Gasteiger charge is 2.23. The Labute approximate surface area is 83.9 Å². The van der Waals surface area contributed by atoms with Crippen molar-refractivity contribution in [1.82, 2.24) is 0 Å². The summed E-state index contributed by atoms with van der Waals surface area (Å²) in [5.74, 6) is -0.350. The second-order valence-electron chi connectivity index (χ2n) is 4.54. The molecule has 2 heteroatoms. The zero-order chi connectivity index (χ0) is 10.9. The quantitative estimate of drug-likeness (QED) is 0.626. The summed E-state index contributed by atoms with van der Waals surface area (Å²) in [5, 5.41) is 0.